The van der Waals surface area contributed by atoms with Crippen molar-refractivity contribution >= 4 is 18.0 Å². The summed E-state index contributed by atoms with van der Waals surface area (Å²) in [6.45, 7) is 5.93. The Balaban J connectivity index is 3.10. The lowest BCUT2D eigenvalue weighted by Gasteiger charge is -2.11. The Hall–Kier alpha value is -2.81. The molecule has 0 spiro atoms. The smallest absolute Gasteiger partial charge is 0.348 e. The van der Waals surface area contributed by atoms with Crippen molar-refractivity contribution in [3.8, 4) is 17.6 Å². The molecule has 0 aliphatic rings. The number of nitriles is 1. The van der Waals surface area contributed by atoms with Gasteiger partial charge in [0.25, 0.3) is 0 Å². The maximum atomic E-state index is 11.7. The fraction of sp³-hybridized carbons (Fsp3) is 0.389. The van der Waals surface area contributed by atoms with Crippen LogP contribution < -0.4 is 9.47 Å². The van der Waals surface area contributed by atoms with Gasteiger partial charge in [0, 0.05) is 6.42 Å². The van der Waals surface area contributed by atoms with Gasteiger partial charge < -0.3 is 14.2 Å². The molecule has 0 bridgehead atoms. The van der Waals surface area contributed by atoms with Gasteiger partial charge in [-0.15, -0.1) is 0 Å². The van der Waals surface area contributed by atoms with Gasteiger partial charge in [-0.3, -0.25) is 4.79 Å². The monoisotopic (exact) mass is 331 g/mol. The van der Waals surface area contributed by atoms with Crippen molar-refractivity contribution in [2.75, 3.05) is 13.2 Å². The number of rotatable bonds is 8. The summed E-state index contributed by atoms with van der Waals surface area (Å²) in [6, 6.07) is 6.62. The first-order valence-electron chi connectivity index (χ1n) is 7.82. The minimum absolute atomic E-state index is 0.116. The largest absolute Gasteiger partial charge is 0.490 e. The summed E-state index contributed by atoms with van der Waals surface area (Å²) in [6.07, 6.45) is 2.40. The fourth-order valence-corrected chi connectivity index (χ4v) is 1.86. The molecule has 0 radical (unpaired) electrons. The predicted molar refractivity (Wildman–Crippen MR) is 88.4 cm³/mol. The molecule has 0 atom stereocenters. The van der Waals surface area contributed by atoms with E-state index >= 15 is 0 Å². The SMILES string of the molecule is CCCC(=O)Oc1ccc(/C=C(\C#N)C(=O)OCC)cc1OCC. The van der Waals surface area contributed by atoms with E-state index < -0.39 is 5.97 Å². The zero-order valence-corrected chi connectivity index (χ0v) is 14.1. The van der Waals surface area contributed by atoms with Gasteiger partial charge >= 0.3 is 11.9 Å². The molecule has 0 amide bonds. The average Bonchev–Trinajstić information content (AvgIpc) is 2.55. The van der Waals surface area contributed by atoms with Crippen LogP contribution in [0.15, 0.2) is 23.8 Å². The highest BCUT2D eigenvalue weighted by molar-refractivity contribution is 5.98. The Bertz CT molecular complexity index is 658. The number of benzene rings is 1. The van der Waals surface area contributed by atoms with Gasteiger partial charge in [-0.1, -0.05) is 13.0 Å². The van der Waals surface area contributed by atoms with Crippen LogP contribution in [0.5, 0.6) is 11.5 Å². The minimum Gasteiger partial charge on any atom is -0.490 e. The summed E-state index contributed by atoms with van der Waals surface area (Å²) >= 11 is 0. The molecule has 1 rings (SSSR count). The van der Waals surface area contributed by atoms with E-state index in [1.807, 2.05) is 13.0 Å². The number of carbonyl (C=O) groups excluding carboxylic acids is 2. The quantitative estimate of drug-likeness (QED) is 0.314. The van der Waals surface area contributed by atoms with E-state index in [-0.39, 0.29) is 18.1 Å². The van der Waals surface area contributed by atoms with Crippen molar-refractivity contribution in [2.45, 2.75) is 33.6 Å². The van der Waals surface area contributed by atoms with E-state index in [1.165, 1.54) is 6.08 Å². The Morgan fingerprint density at radius 2 is 1.92 bits per heavy atom. The summed E-state index contributed by atoms with van der Waals surface area (Å²) in [5.74, 6) is -0.346. The van der Waals surface area contributed by atoms with Gasteiger partial charge in [0.1, 0.15) is 11.6 Å². The lowest BCUT2D eigenvalue weighted by atomic mass is 10.1. The highest BCUT2D eigenvalue weighted by Gasteiger charge is 2.13. The molecule has 0 aliphatic heterocycles. The molecule has 0 saturated heterocycles. The van der Waals surface area contributed by atoms with Gasteiger partial charge in [0.2, 0.25) is 0 Å². The van der Waals surface area contributed by atoms with E-state index in [0.717, 1.165) is 0 Å². The summed E-state index contributed by atoms with van der Waals surface area (Å²) < 4.78 is 15.6. The van der Waals surface area contributed by atoms with E-state index in [2.05, 4.69) is 0 Å². The molecular weight excluding hydrogens is 310 g/mol. The van der Waals surface area contributed by atoms with Crippen LogP contribution in [0.4, 0.5) is 0 Å². The first kappa shape index (κ1) is 19.2. The van der Waals surface area contributed by atoms with E-state index in [0.29, 0.717) is 36.5 Å². The van der Waals surface area contributed by atoms with Crippen LogP contribution in [-0.2, 0) is 14.3 Å². The summed E-state index contributed by atoms with van der Waals surface area (Å²) in [5, 5.41) is 9.07. The van der Waals surface area contributed by atoms with Crippen LogP contribution in [0, 0.1) is 11.3 Å². The van der Waals surface area contributed by atoms with E-state index in [4.69, 9.17) is 19.5 Å². The topological polar surface area (TPSA) is 85.6 Å². The molecule has 24 heavy (non-hydrogen) atoms. The van der Waals surface area contributed by atoms with Crippen molar-refractivity contribution in [1.82, 2.24) is 0 Å². The van der Waals surface area contributed by atoms with E-state index in [1.54, 1.807) is 32.0 Å². The number of nitrogens with zero attached hydrogens (tertiary/aromatic N) is 1. The number of ether oxygens (including phenoxy) is 3. The molecule has 0 heterocycles. The fourth-order valence-electron chi connectivity index (χ4n) is 1.86. The van der Waals surface area contributed by atoms with Gasteiger partial charge in [-0.25, -0.2) is 4.79 Å². The second-order valence-electron chi connectivity index (χ2n) is 4.75. The molecule has 6 heteroatoms. The Morgan fingerprint density at radius 1 is 1.17 bits per heavy atom. The Labute approximate surface area is 141 Å². The molecule has 0 fully saturated rings. The molecule has 0 saturated carbocycles. The molecule has 0 N–H and O–H groups in total. The van der Waals surface area contributed by atoms with Gasteiger partial charge in [0.05, 0.1) is 13.2 Å². The number of hydrogen-bond donors (Lipinski definition) is 0. The van der Waals surface area contributed by atoms with E-state index in [9.17, 15) is 9.59 Å². The molecule has 0 aliphatic carbocycles. The number of esters is 2. The van der Waals surface area contributed by atoms with Crippen molar-refractivity contribution < 1.29 is 23.8 Å². The summed E-state index contributed by atoms with van der Waals surface area (Å²) in [4.78, 5) is 23.3. The van der Waals surface area contributed by atoms with Crippen molar-refractivity contribution in [3.05, 3.63) is 29.3 Å². The first-order chi connectivity index (χ1) is 11.5. The average molecular weight is 331 g/mol. The van der Waals surface area contributed by atoms with Gasteiger partial charge in [-0.2, -0.15) is 5.26 Å². The van der Waals surface area contributed by atoms with Crippen LogP contribution in [0.2, 0.25) is 0 Å². The highest BCUT2D eigenvalue weighted by Crippen LogP contribution is 2.30. The summed E-state index contributed by atoms with van der Waals surface area (Å²) in [5.41, 5.74) is 0.452. The second-order valence-corrected chi connectivity index (χ2v) is 4.75. The highest BCUT2D eigenvalue weighted by atomic mass is 16.6. The predicted octanol–water partition coefficient (Wildman–Crippen LogP) is 3.26. The molecular formula is C18H21NO5. The normalized spacial score (nSPS) is 10.7. The van der Waals surface area contributed by atoms with Crippen LogP contribution in [0.25, 0.3) is 6.08 Å². The molecule has 0 unspecified atom stereocenters. The number of hydrogen-bond acceptors (Lipinski definition) is 6. The standard InChI is InChI=1S/C18H21NO5/c1-4-7-17(20)24-15-9-8-13(11-16(15)22-5-2)10-14(12-19)18(21)23-6-3/h8-11H,4-7H2,1-3H3/b14-10+. The van der Waals surface area contributed by atoms with Gasteiger partial charge in [0.15, 0.2) is 11.5 Å². The molecule has 6 nitrogen and oxygen atoms in total. The molecule has 1 aromatic carbocycles. The first-order valence-corrected chi connectivity index (χ1v) is 7.82. The van der Waals surface area contributed by atoms with Crippen LogP contribution in [0.1, 0.15) is 39.2 Å². The Kier molecular flexibility index (Phi) is 8.06. The van der Waals surface area contributed by atoms with Gasteiger partial charge in [-0.05, 0) is 44.0 Å². The molecule has 0 aromatic heterocycles. The third-order valence-electron chi connectivity index (χ3n) is 2.87. The third-order valence-corrected chi connectivity index (χ3v) is 2.87. The zero-order valence-electron chi connectivity index (χ0n) is 14.1. The Morgan fingerprint density at radius 3 is 2.50 bits per heavy atom. The van der Waals surface area contributed by atoms with Crippen LogP contribution >= 0.6 is 0 Å². The van der Waals surface area contributed by atoms with Crippen LogP contribution in [-0.4, -0.2) is 25.2 Å². The van der Waals surface area contributed by atoms with Crippen molar-refractivity contribution in [2.24, 2.45) is 0 Å². The summed E-state index contributed by atoms with van der Waals surface area (Å²) in [7, 11) is 0. The van der Waals surface area contributed by atoms with Crippen molar-refractivity contribution in [3.63, 3.8) is 0 Å². The molecule has 128 valence electrons. The molecule has 1 aromatic rings. The zero-order chi connectivity index (χ0) is 17.9. The third kappa shape index (κ3) is 5.76. The maximum Gasteiger partial charge on any atom is 0.348 e. The number of carbonyl (C=O) groups is 2. The lowest BCUT2D eigenvalue weighted by Crippen LogP contribution is -2.08. The van der Waals surface area contributed by atoms with Crippen LogP contribution in [0.3, 0.4) is 0 Å². The second kappa shape index (κ2) is 10.1. The maximum absolute atomic E-state index is 11.7. The lowest BCUT2D eigenvalue weighted by molar-refractivity contribution is -0.138. The van der Waals surface area contributed by atoms with Crippen molar-refractivity contribution in [1.29, 1.82) is 5.26 Å². The minimum atomic E-state index is -0.684.